The third kappa shape index (κ3) is 5.04. The summed E-state index contributed by atoms with van der Waals surface area (Å²) in [6.45, 7) is 5.89. The summed E-state index contributed by atoms with van der Waals surface area (Å²) in [5.74, 6) is 0.248. The van der Waals surface area contributed by atoms with E-state index in [1.54, 1.807) is 10.9 Å². The molecule has 3 atom stereocenters. The molecular formula is C23H28N6O3. The van der Waals surface area contributed by atoms with Gasteiger partial charge in [0.25, 0.3) is 0 Å². The average Bonchev–Trinajstić information content (AvgIpc) is 3.48. The molecule has 2 aromatic heterocycles. The lowest BCUT2D eigenvalue weighted by Gasteiger charge is -2.18. The van der Waals surface area contributed by atoms with E-state index in [0.29, 0.717) is 24.6 Å². The molecule has 4 rings (SSSR count). The van der Waals surface area contributed by atoms with Crippen molar-refractivity contribution < 1.29 is 14.1 Å². The number of amides is 2. The summed E-state index contributed by atoms with van der Waals surface area (Å²) in [7, 11) is 0. The van der Waals surface area contributed by atoms with Gasteiger partial charge in [-0.15, -0.1) is 0 Å². The van der Waals surface area contributed by atoms with Crippen molar-refractivity contribution in [3.05, 3.63) is 54.2 Å². The van der Waals surface area contributed by atoms with Crippen molar-refractivity contribution in [2.45, 2.75) is 58.2 Å². The van der Waals surface area contributed by atoms with Crippen LogP contribution in [-0.4, -0.2) is 43.8 Å². The first kappa shape index (κ1) is 21.7. The van der Waals surface area contributed by atoms with E-state index in [-0.39, 0.29) is 42.3 Å². The number of carbonyl (C=O) groups excluding carboxylic acids is 2. The fraction of sp³-hybridized carbons (Fsp3) is 0.435. The Morgan fingerprint density at radius 3 is 2.69 bits per heavy atom. The molecule has 0 aliphatic heterocycles. The van der Waals surface area contributed by atoms with Crippen molar-refractivity contribution in [1.82, 2.24) is 30.6 Å². The Morgan fingerprint density at radius 2 is 2.00 bits per heavy atom. The number of hydrogen-bond acceptors (Lipinski definition) is 6. The van der Waals surface area contributed by atoms with Crippen LogP contribution >= 0.6 is 0 Å². The van der Waals surface area contributed by atoms with Gasteiger partial charge < -0.3 is 15.2 Å². The zero-order valence-electron chi connectivity index (χ0n) is 18.5. The molecule has 0 spiro atoms. The average molecular weight is 437 g/mol. The lowest BCUT2D eigenvalue weighted by atomic mass is 10.0. The highest BCUT2D eigenvalue weighted by Crippen LogP contribution is 2.38. The van der Waals surface area contributed by atoms with E-state index < -0.39 is 0 Å². The predicted molar refractivity (Wildman–Crippen MR) is 117 cm³/mol. The van der Waals surface area contributed by atoms with Crippen molar-refractivity contribution in [2.24, 2.45) is 5.92 Å². The van der Waals surface area contributed by atoms with Crippen LogP contribution < -0.4 is 10.6 Å². The van der Waals surface area contributed by atoms with Gasteiger partial charge in [-0.3, -0.25) is 14.3 Å². The molecule has 1 aliphatic carbocycles. The third-order valence-corrected chi connectivity index (χ3v) is 5.57. The molecule has 1 aromatic carbocycles. The summed E-state index contributed by atoms with van der Waals surface area (Å²) in [5.41, 5.74) is 1.84. The Labute approximate surface area is 186 Å². The quantitative estimate of drug-likeness (QED) is 0.588. The number of rotatable bonds is 7. The van der Waals surface area contributed by atoms with Gasteiger partial charge in [0.15, 0.2) is 0 Å². The first-order valence-corrected chi connectivity index (χ1v) is 10.9. The molecule has 1 saturated carbocycles. The Hall–Kier alpha value is -3.49. The standard InChI is InChI=1S/C23H28N6O3/c1-14(2)25-22(31)17-9-18(23-27-21(28-32-23)16-7-5-4-6-8-16)19(10-17)26-20(30)13-29-12-15(3)11-24-29/h4-8,11-12,14,17-19H,9-10,13H2,1-3H3,(H,25,31)(H,26,30)/t17-,18-,19+/m1/s1. The van der Waals surface area contributed by atoms with Gasteiger partial charge in [0.1, 0.15) is 6.54 Å². The Bertz CT molecular complexity index is 1070. The summed E-state index contributed by atoms with van der Waals surface area (Å²) in [6.07, 6.45) is 4.56. The molecule has 9 nitrogen and oxygen atoms in total. The zero-order valence-corrected chi connectivity index (χ0v) is 18.5. The molecule has 32 heavy (non-hydrogen) atoms. The first-order valence-electron chi connectivity index (χ1n) is 10.9. The maximum Gasteiger partial charge on any atom is 0.241 e. The van der Waals surface area contributed by atoms with Gasteiger partial charge in [0.2, 0.25) is 23.5 Å². The minimum Gasteiger partial charge on any atom is -0.354 e. The molecule has 1 aliphatic rings. The Balaban J connectivity index is 1.52. The number of aromatic nitrogens is 4. The first-order chi connectivity index (χ1) is 15.4. The number of benzene rings is 1. The molecule has 0 unspecified atom stereocenters. The second-order valence-electron chi connectivity index (χ2n) is 8.65. The van der Waals surface area contributed by atoms with E-state index in [2.05, 4.69) is 25.9 Å². The molecule has 2 N–H and O–H groups in total. The second kappa shape index (κ2) is 9.33. The van der Waals surface area contributed by atoms with Crippen molar-refractivity contribution in [3.8, 4) is 11.4 Å². The van der Waals surface area contributed by atoms with Gasteiger partial charge in [-0.2, -0.15) is 10.1 Å². The lowest BCUT2D eigenvalue weighted by Crippen LogP contribution is -2.39. The van der Waals surface area contributed by atoms with Crippen molar-refractivity contribution >= 4 is 11.8 Å². The lowest BCUT2D eigenvalue weighted by molar-refractivity contribution is -0.126. The highest BCUT2D eigenvalue weighted by molar-refractivity contribution is 5.80. The molecule has 0 bridgehead atoms. The molecule has 1 fully saturated rings. The van der Waals surface area contributed by atoms with Crippen LogP contribution in [0.3, 0.4) is 0 Å². The number of hydrogen-bond donors (Lipinski definition) is 2. The minimum absolute atomic E-state index is 0.0211. The van der Waals surface area contributed by atoms with E-state index in [1.807, 2.05) is 57.3 Å². The molecule has 2 amide bonds. The van der Waals surface area contributed by atoms with E-state index in [0.717, 1.165) is 11.1 Å². The number of aryl methyl sites for hydroxylation is 1. The minimum atomic E-state index is -0.286. The Kier molecular flexibility index (Phi) is 6.34. The van der Waals surface area contributed by atoms with Gasteiger partial charge in [-0.1, -0.05) is 35.5 Å². The van der Waals surface area contributed by atoms with Crippen LogP contribution in [0.15, 0.2) is 47.2 Å². The zero-order chi connectivity index (χ0) is 22.7. The monoisotopic (exact) mass is 436 g/mol. The predicted octanol–water partition coefficient (Wildman–Crippen LogP) is 2.44. The normalized spacial score (nSPS) is 20.4. The number of carbonyl (C=O) groups is 2. The molecule has 9 heteroatoms. The smallest absolute Gasteiger partial charge is 0.241 e. The molecule has 0 saturated heterocycles. The van der Waals surface area contributed by atoms with E-state index in [4.69, 9.17) is 4.52 Å². The third-order valence-electron chi connectivity index (χ3n) is 5.57. The fourth-order valence-corrected chi connectivity index (χ4v) is 4.13. The molecular weight excluding hydrogens is 408 g/mol. The van der Waals surface area contributed by atoms with Crippen LogP contribution in [0.4, 0.5) is 0 Å². The van der Waals surface area contributed by atoms with Gasteiger partial charge in [0, 0.05) is 29.8 Å². The highest BCUT2D eigenvalue weighted by atomic mass is 16.5. The maximum atomic E-state index is 12.7. The van der Waals surface area contributed by atoms with Gasteiger partial charge in [0.05, 0.1) is 12.1 Å². The van der Waals surface area contributed by atoms with E-state index in [1.165, 1.54) is 0 Å². The summed E-state index contributed by atoms with van der Waals surface area (Å²) in [4.78, 5) is 30.0. The van der Waals surface area contributed by atoms with Crippen molar-refractivity contribution in [1.29, 1.82) is 0 Å². The van der Waals surface area contributed by atoms with Crippen LogP contribution in [0.5, 0.6) is 0 Å². The van der Waals surface area contributed by atoms with Gasteiger partial charge in [-0.25, -0.2) is 0 Å². The summed E-state index contributed by atoms with van der Waals surface area (Å²) >= 11 is 0. The topological polar surface area (TPSA) is 115 Å². The van der Waals surface area contributed by atoms with Crippen LogP contribution in [0, 0.1) is 12.8 Å². The second-order valence-corrected chi connectivity index (χ2v) is 8.65. The highest BCUT2D eigenvalue weighted by Gasteiger charge is 2.42. The summed E-state index contributed by atoms with van der Waals surface area (Å²) in [5, 5.41) is 14.3. The van der Waals surface area contributed by atoms with Crippen LogP contribution in [0.25, 0.3) is 11.4 Å². The van der Waals surface area contributed by atoms with E-state index in [9.17, 15) is 9.59 Å². The van der Waals surface area contributed by atoms with Gasteiger partial charge >= 0.3 is 0 Å². The summed E-state index contributed by atoms with van der Waals surface area (Å²) < 4.78 is 7.18. The van der Waals surface area contributed by atoms with Crippen LogP contribution in [-0.2, 0) is 16.1 Å². The number of nitrogens with one attached hydrogen (secondary N) is 2. The van der Waals surface area contributed by atoms with Gasteiger partial charge in [-0.05, 0) is 39.2 Å². The SMILES string of the molecule is Cc1cnn(CC(=O)N[C@H]2C[C@H](C(=O)NC(C)C)C[C@H]2c2nc(-c3ccccc3)no2)c1. The van der Waals surface area contributed by atoms with Crippen molar-refractivity contribution in [2.75, 3.05) is 0 Å². The van der Waals surface area contributed by atoms with E-state index >= 15 is 0 Å². The maximum absolute atomic E-state index is 12.7. The number of nitrogens with zero attached hydrogens (tertiary/aromatic N) is 4. The molecule has 2 heterocycles. The molecule has 3 aromatic rings. The molecule has 168 valence electrons. The van der Waals surface area contributed by atoms with Crippen LogP contribution in [0.2, 0.25) is 0 Å². The Morgan fingerprint density at radius 1 is 1.22 bits per heavy atom. The largest absolute Gasteiger partial charge is 0.354 e. The summed E-state index contributed by atoms with van der Waals surface area (Å²) in [6, 6.07) is 9.32. The van der Waals surface area contributed by atoms with Crippen LogP contribution in [0.1, 0.15) is 44.1 Å². The fourth-order valence-electron chi connectivity index (χ4n) is 4.13. The van der Waals surface area contributed by atoms with Crippen molar-refractivity contribution in [3.63, 3.8) is 0 Å². The molecule has 0 radical (unpaired) electrons.